The van der Waals surface area contributed by atoms with E-state index in [4.69, 9.17) is 9.47 Å². The molecule has 0 aliphatic rings. The van der Waals surface area contributed by atoms with Crippen LogP contribution >= 0.6 is 0 Å². The minimum atomic E-state index is -0.428. The summed E-state index contributed by atoms with van der Waals surface area (Å²) in [5.74, 6) is 0.572. The minimum absolute atomic E-state index is 0.0478. The SMILES string of the molecule is CCCCCCOc1c(OC/C=C(\C)CCC=C(C)C)c2ccc([N+](=O)[O-])cc2n(CCCCCC)c1=O. The standard InChI is InChI=1S/C31H46N2O5/c1-6-8-10-12-20-32-28-23-26(33(35)36)17-18-27(28)29(30(31(32)34)37-21-13-11-9-7-2)38-22-19-25(5)16-14-15-24(3)4/h15,17-19,23H,6-14,16,20-22H2,1-5H3/b25-19+. The van der Waals surface area contributed by atoms with Crippen molar-refractivity contribution in [2.75, 3.05) is 13.2 Å². The van der Waals surface area contributed by atoms with Crippen LogP contribution in [0.15, 0.2) is 46.3 Å². The lowest BCUT2D eigenvalue weighted by Crippen LogP contribution is -2.24. The van der Waals surface area contributed by atoms with Crippen molar-refractivity contribution in [3.05, 3.63) is 62.0 Å². The van der Waals surface area contributed by atoms with Gasteiger partial charge in [-0.1, -0.05) is 69.6 Å². The van der Waals surface area contributed by atoms with E-state index in [9.17, 15) is 14.9 Å². The van der Waals surface area contributed by atoms with Gasteiger partial charge in [-0.2, -0.15) is 0 Å². The van der Waals surface area contributed by atoms with E-state index >= 15 is 0 Å². The van der Waals surface area contributed by atoms with Gasteiger partial charge in [0, 0.05) is 24.1 Å². The van der Waals surface area contributed by atoms with Crippen LogP contribution in [0.1, 0.15) is 98.8 Å². The molecule has 210 valence electrons. The smallest absolute Gasteiger partial charge is 0.297 e. The Morgan fingerprint density at radius 1 is 0.947 bits per heavy atom. The number of nitrogens with zero attached hydrogens (tertiary/aromatic N) is 2. The first-order chi connectivity index (χ1) is 18.3. The number of ether oxygens (including phenoxy) is 2. The molecule has 38 heavy (non-hydrogen) atoms. The fraction of sp³-hybridized carbons (Fsp3) is 0.581. The van der Waals surface area contributed by atoms with Gasteiger partial charge in [-0.25, -0.2) is 0 Å². The Bertz CT molecular complexity index is 1160. The molecule has 2 aromatic rings. The summed E-state index contributed by atoms with van der Waals surface area (Å²) in [6.45, 7) is 11.7. The maximum absolute atomic E-state index is 13.7. The highest BCUT2D eigenvalue weighted by Gasteiger charge is 2.21. The average molecular weight is 527 g/mol. The highest BCUT2D eigenvalue weighted by molar-refractivity contribution is 5.89. The summed E-state index contributed by atoms with van der Waals surface area (Å²) in [5, 5.41) is 12.2. The summed E-state index contributed by atoms with van der Waals surface area (Å²) >= 11 is 0. The lowest BCUT2D eigenvalue weighted by molar-refractivity contribution is -0.384. The summed E-state index contributed by atoms with van der Waals surface area (Å²) in [6.07, 6.45) is 14.2. The first-order valence-electron chi connectivity index (χ1n) is 14.2. The Kier molecular flexibility index (Phi) is 13.7. The van der Waals surface area contributed by atoms with Crippen LogP contribution in [-0.4, -0.2) is 22.7 Å². The van der Waals surface area contributed by atoms with Crippen LogP contribution < -0.4 is 15.0 Å². The highest BCUT2D eigenvalue weighted by Crippen LogP contribution is 2.35. The number of non-ortho nitro benzene ring substituents is 1. The zero-order chi connectivity index (χ0) is 27.9. The molecule has 0 saturated carbocycles. The van der Waals surface area contributed by atoms with E-state index < -0.39 is 4.92 Å². The maximum atomic E-state index is 13.7. The molecular formula is C31H46N2O5. The fourth-order valence-corrected chi connectivity index (χ4v) is 4.35. The number of hydrogen-bond donors (Lipinski definition) is 0. The Labute approximate surface area is 227 Å². The number of benzene rings is 1. The zero-order valence-corrected chi connectivity index (χ0v) is 24.0. The molecule has 0 spiro atoms. The van der Waals surface area contributed by atoms with Crippen molar-refractivity contribution in [2.45, 2.75) is 105 Å². The number of rotatable bonds is 18. The third-order valence-corrected chi connectivity index (χ3v) is 6.60. The van der Waals surface area contributed by atoms with Crippen LogP contribution in [0.2, 0.25) is 0 Å². The second-order valence-electron chi connectivity index (χ2n) is 10.2. The molecule has 1 aromatic heterocycles. The van der Waals surface area contributed by atoms with Crippen LogP contribution in [0, 0.1) is 10.1 Å². The summed E-state index contributed by atoms with van der Waals surface area (Å²) in [6, 6.07) is 4.63. The maximum Gasteiger partial charge on any atom is 0.297 e. The predicted octanol–water partition coefficient (Wildman–Crippen LogP) is 8.52. The molecule has 7 nitrogen and oxygen atoms in total. The van der Waals surface area contributed by atoms with Gasteiger partial charge in [-0.15, -0.1) is 0 Å². The molecule has 0 aliphatic heterocycles. The van der Waals surface area contributed by atoms with Crippen molar-refractivity contribution in [1.29, 1.82) is 0 Å². The molecule has 0 bridgehead atoms. The molecular weight excluding hydrogens is 480 g/mol. The van der Waals surface area contributed by atoms with Gasteiger partial charge in [0.05, 0.1) is 17.0 Å². The van der Waals surface area contributed by atoms with E-state index in [0.717, 1.165) is 64.2 Å². The van der Waals surface area contributed by atoms with Crippen LogP contribution in [-0.2, 0) is 6.54 Å². The number of aromatic nitrogens is 1. The average Bonchev–Trinajstić information content (AvgIpc) is 2.88. The third-order valence-electron chi connectivity index (χ3n) is 6.60. The number of nitro benzene ring substituents is 1. The third kappa shape index (κ3) is 9.66. The van der Waals surface area contributed by atoms with Gasteiger partial charge < -0.3 is 14.0 Å². The normalized spacial score (nSPS) is 11.6. The quantitative estimate of drug-likeness (QED) is 0.0841. The van der Waals surface area contributed by atoms with Gasteiger partial charge in [-0.05, 0) is 58.6 Å². The summed E-state index contributed by atoms with van der Waals surface area (Å²) in [7, 11) is 0. The van der Waals surface area contributed by atoms with Crippen molar-refractivity contribution in [3.8, 4) is 11.5 Å². The van der Waals surface area contributed by atoms with Crippen molar-refractivity contribution in [3.63, 3.8) is 0 Å². The molecule has 2 rings (SSSR count). The number of pyridine rings is 1. The van der Waals surface area contributed by atoms with E-state index in [-0.39, 0.29) is 17.0 Å². The molecule has 0 fully saturated rings. The molecule has 0 saturated heterocycles. The Hall–Kier alpha value is -3.09. The molecule has 0 N–H and O–H groups in total. The second-order valence-corrected chi connectivity index (χ2v) is 10.2. The van der Waals surface area contributed by atoms with Crippen LogP contribution in [0.5, 0.6) is 11.5 Å². The molecule has 1 aromatic carbocycles. The Morgan fingerprint density at radius 2 is 1.66 bits per heavy atom. The fourth-order valence-electron chi connectivity index (χ4n) is 4.35. The minimum Gasteiger partial charge on any atom is -0.485 e. The van der Waals surface area contributed by atoms with Gasteiger partial charge in [0.2, 0.25) is 5.75 Å². The van der Waals surface area contributed by atoms with E-state index in [1.165, 1.54) is 23.3 Å². The number of aryl methyl sites for hydroxylation is 1. The van der Waals surface area contributed by atoms with Gasteiger partial charge in [-0.3, -0.25) is 14.9 Å². The van der Waals surface area contributed by atoms with E-state index in [1.54, 1.807) is 10.6 Å². The Morgan fingerprint density at radius 3 is 2.32 bits per heavy atom. The van der Waals surface area contributed by atoms with Gasteiger partial charge in [0.25, 0.3) is 11.2 Å². The van der Waals surface area contributed by atoms with Crippen molar-refractivity contribution in [2.24, 2.45) is 0 Å². The topological polar surface area (TPSA) is 83.6 Å². The van der Waals surface area contributed by atoms with Crippen molar-refractivity contribution < 1.29 is 14.4 Å². The number of hydrogen-bond acceptors (Lipinski definition) is 5. The largest absolute Gasteiger partial charge is 0.485 e. The lowest BCUT2D eigenvalue weighted by Gasteiger charge is -2.18. The van der Waals surface area contributed by atoms with Crippen LogP contribution in [0.4, 0.5) is 5.69 Å². The van der Waals surface area contributed by atoms with E-state index in [2.05, 4.69) is 40.7 Å². The summed E-state index contributed by atoms with van der Waals surface area (Å²) in [5.41, 5.74) is 2.68. The van der Waals surface area contributed by atoms with Crippen molar-refractivity contribution >= 4 is 16.6 Å². The van der Waals surface area contributed by atoms with Gasteiger partial charge >= 0.3 is 0 Å². The number of nitro groups is 1. The zero-order valence-electron chi connectivity index (χ0n) is 24.0. The monoisotopic (exact) mass is 526 g/mol. The molecule has 1 heterocycles. The van der Waals surface area contributed by atoms with Crippen LogP contribution in [0.25, 0.3) is 10.9 Å². The van der Waals surface area contributed by atoms with Gasteiger partial charge in [0.15, 0.2) is 5.75 Å². The Balaban J connectivity index is 2.48. The lowest BCUT2D eigenvalue weighted by atomic mass is 10.1. The highest BCUT2D eigenvalue weighted by atomic mass is 16.6. The molecule has 0 amide bonds. The number of fused-ring (bicyclic) bond motifs is 1. The molecule has 0 atom stereocenters. The predicted molar refractivity (Wildman–Crippen MR) is 157 cm³/mol. The summed E-state index contributed by atoms with van der Waals surface area (Å²) < 4.78 is 13.9. The molecule has 0 aliphatic carbocycles. The first-order valence-corrected chi connectivity index (χ1v) is 14.2. The number of unbranched alkanes of at least 4 members (excludes halogenated alkanes) is 6. The van der Waals surface area contributed by atoms with Gasteiger partial charge in [0.1, 0.15) is 6.61 Å². The van der Waals surface area contributed by atoms with E-state index in [1.807, 2.05) is 6.08 Å². The first kappa shape index (κ1) is 31.1. The number of allylic oxidation sites excluding steroid dienone is 3. The summed E-state index contributed by atoms with van der Waals surface area (Å²) in [4.78, 5) is 24.9. The van der Waals surface area contributed by atoms with Crippen LogP contribution in [0.3, 0.4) is 0 Å². The molecule has 7 heteroatoms. The van der Waals surface area contributed by atoms with Crippen molar-refractivity contribution in [1.82, 2.24) is 4.57 Å². The molecule has 0 radical (unpaired) electrons. The second kappa shape index (κ2) is 16.7. The van der Waals surface area contributed by atoms with E-state index in [0.29, 0.717) is 36.4 Å². The molecule has 0 unspecified atom stereocenters.